The number of nitrogens with zero attached hydrogens (tertiary/aromatic N) is 1. The first-order valence-electron chi connectivity index (χ1n) is 9.33. The van der Waals surface area contributed by atoms with Gasteiger partial charge in [-0.15, -0.1) is 0 Å². The Labute approximate surface area is 155 Å². The third-order valence-electron chi connectivity index (χ3n) is 6.27. The van der Waals surface area contributed by atoms with E-state index < -0.39 is 5.41 Å². The van der Waals surface area contributed by atoms with Crippen LogP contribution < -0.4 is 16.4 Å². The van der Waals surface area contributed by atoms with Crippen molar-refractivity contribution in [2.24, 2.45) is 11.1 Å². The largest absolute Gasteiger partial charge is 0.369 e. The van der Waals surface area contributed by atoms with E-state index in [2.05, 4.69) is 34.9 Å². The first-order chi connectivity index (χ1) is 12.2. The second-order valence-corrected chi connectivity index (χ2v) is 8.51. The smallest absolute Gasteiger partial charge is 0.318 e. The van der Waals surface area contributed by atoms with Crippen LogP contribution in [0.1, 0.15) is 45.1 Å². The third-order valence-corrected chi connectivity index (χ3v) is 6.27. The highest BCUT2D eigenvalue weighted by atomic mass is 16.2. The van der Waals surface area contributed by atoms with Gasteiger partial charge < -0.3 is 21.3 Å². The second kappa shape index (κ2) is 6.58. The van der Waals surface area contributed by atoms with Crippen LogP contribution in [0, 0.1) is 5.41 Å². The van der Waals surface area contributed by atoms with Gasteiger partial charge in [0.25, 0.3) is 0 Å². The highest BCUT2D eigenvalue weighted by molar-refractivity contribution is 5.82. The molecule has 3 rings (SSSR count). The average molecular weight is 358 g/mol. The topological polar surface area (TPSA) is 87.5 Å². The Morgan fingerprint density at radius 3 is 2.38 bits per heavy atom. The van der Waals surface area contributed by atoms with Crippen molar-refractivity contribution in [3.63, 3.8) is 0 Å². The van der Waals surface area contributed by atoms with Crippen LogP contribution in [0.5, 0.6) is 0 Å². The number of urea groups is 1. The van der Waals surface area contributed by atoms with Gasteiger partial charge in [-0.2, -0.15) is 0 Å². The zero-order valence-corrected chi connectivity index (χ0v) is 16.0. The molecule has 2 aliphatic rings. The molecule has 0 atom stereocenters. The lowest BCUT2D eigenvalue weighted by molar-refractivity contribution is -0.126. The van der Waals surface area contributed by atoms with Crippen LogP contribution in [0.4, 0.5) is 4.79 Å². The van der Waals surface area contributed by atoms with Crippen molar-refractivity contribution in [3.05, 3.63) is 35.9 Å². The van der Waals surface area contributed by atoms with E-state index in [1.54, 1.807) is 18.7 Å². The number of carbonyl (C=O) groups is 2. The summed E-state index contributed by atoms with van der Waals surface area (Å²) < 4.78 is 0. The second-order valence-electron chi connectivity index (χ2n) is 8.51. The van der Waals surface area contributed by atoms with E-state index in [0.717, 1.165) is 25.7 Å². The van der Waals surface area contributed by atoms with E-state index in [-0.39, 0.29) is 23.0 Å². The first kappa shape index (κ1) is 18.7. The van der Waals surface area contributed by atoms with Gasteiger partial charge in [0.1, 0.15) is 0 Å². The van der Waals surface area contributed by atoms with Gasteiger partial charge in [-0.3, -0.25) is 4.79 Å². The van der Waals surface area contributed by atoms with Crippen LogP contribution in [-0.4, -0.2) is 42.5 Å². The fourth-order valence-electron chi connectivity index (χ4n) is 4.34. The molecule has 0 bridgehead atoms. The summed E-state index contributed by atoms with van der Waals surface area (Å²) in [4.78, 5) is 25.9. The molecule has 1 heterocycles. The number of nitrogens with one attached hydrogen (secondary N) is 2. The number of hydrogen-bond donors (Lipinski definition) is 3. The molecule has 4 N–H and O–H groups in total. The van der Waals surface area contributed by atoms with E-state index in [1.807, 2.05) is 13.1 Å². The van der Waals surface area contributed by atoms with Crippen LogP contribution in [0.3, 0.4) is 0 Å². The number of hydrogen-bond acceptors (Lipinski definition) is 3. The lowest BCUT2D eigenvalue weighted by atomic mass is 9.69. The highest BCUT2D eigenvalue weighted by Gasteiger charge is 2.49. The van der Waals surface area contributed by atoms with E-state index >= 15 is 0 Å². The van der Waals surface area contributed by atoms with Crippen molar-refractivity contribution in [1.82, 2.24) is 15.5 Å². The van der Waals surface area contributed by atoms with Gasteiger partial charge in [-0.1, -0.05) is 30.3 Å². The number of primary amides is 1. The van der Waals surface area contributed by atoms with Crippen molar-refractivity contribution in [3.8, 4) is 0 Å². The summed E-state index contributed by atoms with van der Waals surface area (Å²) in [5.74, 6) is -0.381. The van der Waals surface area contributed by atoms with E-state index in [9.17, 15) is 9.59 Å². The maximum absolute atomic E-state index is 12.5. The molecule has 1 aliphatic carbocycles. The molecular weight excluding hydrogens is 328 g/mol. The van der Waals surface area contributed by atoms with Gasteiger partial charge in [0, 0.05) is 18.6 Å². The van der Waals surface area contributed by atoms with Crippen LogP contribution in [0.15, 0.2) is 30.3 Å². The van der Waals surface area contributed by atoms with E-state index in [4.69, 9.17) is 5.73 Å². The standard InChI is InChI=1S/C20H30N4O2/c1-18(2,16(21)25)13-24-14-19(23-17(24)26)9-11-20(22-3,12-10-19)15-7-5-4-6-8-15/h4-8,22H,9-14H2,1-3H3,(H2,21,25)(H,23,26). The molecule has 6 heteroatoms. The van der Waals surface area contributed by atoms with Crippen molar-refractivity contribution < 1.29 is 9.59 Å². The average Bonchev–Trinajstić information content (AvgIpc) is 2.91. The summed E-state index contributed by atoms with van der Waals surface area (Å²) in [6, 6.07) is 10.4. The molecule has 0 aromatic heterocycles. The SMILES string of the molecule is CNC1(c2ccccc2)CCC2(CC1)CN(CC(C)(C)C(N)=O)C(=O)N2. The molecule has 1 aliphatic heterocycles. The van der Waals surface area contributed by atoms with E-state index in [1.165, 1.54) is 5.56 Å². The van der Waals surface area contributed by atoms with Crippen LogP contribution >= 0.6 is 0 Å². The van der Waals surface area contributed by atoms with Crippen molar-refractivity contribution in [2.75, 3.05) is 20.1 Å². The quantitative estimate of drug-likeness (QED) is 0.752. The van der Waals surface area contributed by atoms with Crippen molar-refractivity contribution in [2.45, 2.75) is 50.6 Å². The lowest BCUT2D eigenvalue weighted by Crippen LogP contribution is -2.53. The fraction of sp³-hybridized carbons (Fsp3) is 0.600. The Bertz CT molecular complexity index is 678. The van der Waals surface area contributed by atoms with Gasteiger partial charge in [0.15, 0.2) is 0 Å². The maximum atomic E-state index is 12.5. The summed E-state index contributed by atoms with van der Waals surface area (Å²) in [7, 11) is 2.01. The summed E-state index contributed by atoms with van der Waals surface area (Å²) in [6.45, 7) is 4.56. The highest BCUT2D eigenvalue weighted by Crippen LogP contribution is 2.43. The predicted octanol–water partition coefficient (Wildman–Crippen LogP) is 1.95. The molecule has 1 aromatic rings. The molecule has 6 nitrogen and oxygen atoms in total. The minimum Gasteiger partial charge on any atom is -0.369 e. The molecule has 2 fully saturated rings. The number of rotatable bonds is 5. The van der Waals surface area contributed by atoms with Gasteiger partial charge in [-0.25, -0.2) is 4.79 Å². The van der Waals surface area contributed by atoms with Crippen molar-refractivity contribution in [1.29, 1.82) is 0 Å². The Kier molecular flexibility index (Phi) is 4.73. The number of benzene rings is 1. The molecule has 142 valence electrons. The molecule has 1 saturated heterocycles. The molecule has 0 unspecified atom stereocenters. The van der Waals surface area contributed by atoms with Gasteiger partial charge in [0.2, 0.25) is 5.91 Å². The fourth-order valence-corrected chi connectivity index (χ4v) is 4.34. The normalized spacial score (nSPS) is 29.0. The minimum atomic E-state index is -0.726. The monoisotopic (exact) mass is 358 g/mol. The van der Waals surface area contributed by atoms with Crippen LogP contribution in [0.25, 0.3) is 0 Å². The molecule has 26 heavy (non-hydrogen) atoms. The summed E-state index contributed by atoms with van der Waals surface area (Å²) >= 11 is 0. The zero-order chi connectivity index (χ0) is 19.0. The molecule has 1 aromatic carbocycles. The molecule has 0 radical (unpaired) electrons. The molecular formula is C20H30N4O2. The van der Waals surface area contributed by atoms with Gasteiger partial charge in [-0.05, 0) is 52.1 Å². The van der Waals surface area contributed by atoms with Crippen LogP contribution in [-0.2, 0) is 10.3 Å². The minimum absolute atomic E-state index is 0.0445. The van der Waals surface area contributed by atoms with Gasteiger partial charge in [0.05, 0.1) is 11.0 Å². The van der Waals surface area contributed by atoms with Crippen LogP contribution in [0.2, 0.25) is 0 Å². The van der Waals surface area contributed by atoms with Gasteiger partial charge >= 0.3 is 6.03 Å². The van der Waals surface area contributed by atoms with Crippen molar-refractivity contribution >= 4 is 11.9 Å². The number of amides is 3. The Morgan fingerprint density at radius 1 is 1.23 bits per heavy atom. The Morgan fingerprint density at radius 2 is 1.85 bits per heavy atom. The van der Waals surface area contributed by atoms with E-state index in [0.29, 0.717) is 13.1 Å². The summed E-state index contributed by atoms with van der Waals surface area (Å²) in [6.07, 6.45) is 3.73. The predicted molar refractivity (Wildman–Crippen MR) is 101 cm³/mol. The zero-order valence-electron chi connectivity index (χ0n) is 16.0. The third kappa shape index (κ3) is 3.30. The Hall–Kier alpha value is -2.08. The number of nitrogens with two attached hydrogens (primary N) is 1. The maximum Gasteiger partial charge on any atom is 0.318 e. The molecule has 1 saturated carbocycles. The molecule has 3 amide bonds. The molecule has 1 spiro atoms. The summed E-state index contributed by atoms with van der Waals surface area (Å²) in [5, 5.41) is 6.73. The number of carbonyl (C=O) groups excluding carboxylic acids is 2. The Balaban J connectivity index is 1.71. The summed E-state index contributed by atoms with van der Waals surface area (Å²) in [5.41, 5.74) is 5.80. The first-order valence-corrected chi connectivity index (χ1v) is 9.33. The lowest BCUT2D eigenvalue weighted by Gasteiger charge is -2.45.